The lowest BCUT2D eigenvalue weighted by molar-refractivity contribution is -0.132. The highest BCUT2D eigenvalue weighted by Crippen LogP contribution is 2.25. The summed E-state index contributed by atoms with van der Waals surface area (Å²) in [7, 11) is 3.37. The highest BCUT2D eigenvalue weighted by atomic mass is 32.2. The van der Waals surface area contributed by atoms with Crippen LogP contribution in [0, 0.1) is 0 Å². The Balaban J connectivity index is 1.19. The van der Waals surface area contributed by atoms with E-state index in [1.54, 1.807) is 26.0 Å². The second-order valence-electron chi connectivity index (χ2n) is 9.22. The number of hydrogen-bond acceptors (Lipinski definition) is 5. The fourth-order valence-electron chi connectivity index (χ4n) is 4.89. The van der Waals surface area contributed by atoms with Crippen LogP contribution in [-0.4, -0.2) is 60.4 Å². The molecule has 2 heterocycles. The maximum Gasteiger partial charge on any atom is 0.223 e. The zero-order chi connectivity index (χ0) is 24.6. The maximum absolute atomic E-state index is 12.8. The van der Waals surface area contributed by atoms with E-state index in [9.17, 15) is 9.59 Å². The third kappa shape index (κ3) is 6.72. The van der Waals surface area contributed by atoms with Crippen molar-refractivity contribution in [1.82, 2.24) is 9.80 Å². The molecule has 35 heavy (non-hydrogen) atoms. The minimum absolute atomic E-state index is 0.201. The standard InChI is InChI=1S/C28H36N2O4S/c1-33-25-9-7-23-19-29(13-3-5-21(23)17-25)27(31)11-15-35-16-12-28(32)30-14-4-6-22-18-26(34-2)10-8-24(22)20-30/h7-10,17-18H,3-6,11-16,19-20H2,1-2H3. The molecule has 188 valence electrons. The molecule has 2 aliphatic rings. The van der Waals surface area contributed by atoms with Crippen LogP contribution in [0.4, 0.5) is 0 Å². The molecule has 0 saturated carbocycles. The molecule has 2 aromatic rings. The number of carbonyl (C=O) groups is 2. The number of rotatable bonds is 8. The monoisotopic (exact) mass is 496 g/mol. The van der Waals surface area contributed by atoms with E-state index in [1.807, 2.05) is 21.9 Å². The van der Waals surface area contributed by atoms with Crippen molar-refractivity contribution in [3.05, 3.63) is 58.7 Å². The molecule has 0 radical (unpaired) electrons. The number of aryl methyl sites for hydroxylation is 2. The van der Waals surface area contributed by atoms with E-state index in [4.69, 9.17) is 9.47 Å². The fraction of sp³-hybridized carbons (Fsp3) is 0.500. The molecule has 6 nitrogen and oxygen atoms in total. The summed E-state index contributed by atoms with van der Waals surface area (Å²) in [5.74, 6) is 3.65. The Morgan fingerprint density at radius 3 is 1.63 bits per heavy atom. The van der Waals surface area contributed by atoms with Crippen molar-refractivity contribution in [2.24, 2.45) is 0 Å². The van der Waals surface area contributed by atoms with Crippen LogP contribution in [0.3, 0.4) is 0 Å². The Labute approximate surface area is 213 Å². The molecule has 0 bridgehead atoms. The number of methoxy groups -OCH3 is 2. The summed E-state index contributed by atoms with van der Waals surface area (Å²) < 4.78 is 10.7. The van der Waals surface area contributed by atoms with Gasteiger partial charge >= 0.3 is 0 Å². The van der Waals surface area contributed by atoms with Crippen molar-refractivity contribution < 1.29 is 19.1 Å². The molecule has 0 saturated heterocycles. The van der Waals surface area contributed by atoms with Gasteiger partial charge in [-0.05, 0) is 72.2 Å². The van der Waals surface area contributed by atoms with Gasteiger partial charge in [-0.3, -0.25) is 9.59 Å². The first kappa shape index (κ1) is 25.4. The second-order valence-corrected chi connectivity index (χ2v) is 10.4. The summed E-state index contributed by atoms with van der Waals surface area (Å²) in [6.45, 7) is 2.93. The van der Waals surface area contributed by atoms with Crippen molar-refractivity contribution in [3.8, 4) is 11.5 Å². The van der Waals surface area contributed by atoms with E-state index in [2.05, 4.69) is 24.3 Å². The average Bonchev–Trinajstić information content (AvgIpc) is 3.23. The zero-order valence-corrected chi connectivity index (χ0v) is 21.7. The van der Waals surface area contributed by atoms with E-state index < -0.39 is 0 Å². The highest BCUT2D eigenvalue weighted by molar-refractivity contribution is 7.99. The molecule has 0 unspecified atom stereocenters. The third-order valence-electron chi connectivity index (χ3n) is 6.92. The summed E-state index contributed by atoms with van der Waals surface area (Å²) in [4.78, 5) is 29.6. The van der Waals surface area contributed by atoms with Crippen LogP contribution in [0.25, 0.3) is 0 Å². The van der Waals surface area contributed by atoms with E-state index in [-0.39, 0.29) is 11.8 Å². The van der Waals surface area contributed by atoms with E-state index in [0.717, 1.165) is 61.8 Å². The minimum atomic E-state index is 0.201. The molecule has 4 rings (SSSR count). The predicted octanol–water partition coefficient (Wildman–Crippen LogP) is 4.47. The SMILES string of the molecule is COc1ccc2c(c1)CCCN(C(=O)CCSCCC(=O)N1CCCc3cc(OC)ccc3C1)C2. The van der Waals surface area contributed by atoms with Crippen molar-refractivity contribution in [1.29, 1.82) is 0 Å². The van der Waals surface area contributed by atoms with Crippen LogP contribution in [0.15, 0.2) is 36.4 Å². The Morgan fingerprint density at radius 1 is 0.743 bits per heavy atom. The molecule has 0 fully saturated rings. The normalized spacial score (nSPS) is 15.5. The van der Waals surface area contributed by atoms with E-state index in [0.29, 0.717) is 25.9 Å². The van der Waals surface area contributed by atoms with E-state index >= 15 is 0 Å². The minimum Gasteiger partial charge on any atom is -0.497 e. The van der Waals surface area contributed by atoms with Crippen LogP contribution < -0.4 is 9.47 Å². The summed E-state index contributed by atoms with van der Waals surface area (Å²) in [5, 5.41) is 0. The van der Waals surface area contributed by atoms with Gasteiger partial charge in [0.1, 0.15) is 11.5 Å². The fourth-order valence-corrected chi connectivity index (χ4v) is 5.73. The number of hydrogen-bond donors (Lipinski definition) is 0. The third-order valence-corrected chi connectivity index (χ3v) is 7.91. The van der Waals surface area contributed by atoms with Gasteiger partial charge in [-0.15, -0.1) is 0 Å². The summed E-state index contributed by atoms with van der Waals surface area (Å²) in [6.07, 6.45) is 4.93. The van der Waals surface area contributed by atoms with Crippen molar-refractivity contribution >= 4 is 23.6 Å². The Kier molecular flexibility index (Phi) is 8.96. The lowest BCUT2D eigenvalue weighted by Crippen LogP contribution is -2.31. The maximum atomic E-state index is 12.8. The number of ether oxygens (including phenoxy) is 2. The molecule has 2 aliphatic heterocycles. The summed E-state index contributed by atoms with van der Waals surface area (Å²) >= 11 is 1.70. The van der Waals surface area contributed by atoms with Crippen molar-refractivity contribution in [2.75, 3.05) is 38.8 Å². The van der Waals surface area contributed by atoms with Crippen LogP contribution in [0.1, 0.15) is 47.9 Å². The van der Waals surface area contributed by atoms with Crippen molar-refractivity contribution in [2.45, 2.75) is 51.6 Å². The lowest BCUT2D eigenvalue weighted by Gasteiger charge is -2.22. The molecule has 2 aromatic carbocycles. The molecular formula is C28H36N2O4S. The first-order valence-electron chi connectivity index (χ1n) is 12.5. The Bertz CT molecular complexity index is 960. The molecule has 0 aromatic heterocycles. The van der Waals surface area contributed by atoms with Gasteiger partial charge in [0.15, 0.2) is 0 Å². The van der Waals surface area contributed by atoms with Gasteiger partial charge in [-0.25, -0.2) is 0 Å². The van der Waals surface area contributed by atoms with Gasteiger partial charge in [-0.1, -0.05) is 12.1 Å². The summed E-state index contributed by atoms with van der Waals surface area (Å²) in [5.41, 5.74) is 4.99. The zero-order valence-electron chi connectivity index (χ0n) is 20.9. The van der Waals surface area contributed by atoms with E-state index in [1.165, 1.54) is 22.3 Å². The Morgan fingerprint density at radius 2 is 1.20 bits per heavy atom. The van der Waals surface area contributed by atoms with Gasteiger partial charge < -0.3 is 19.3 Å². The van der Waals surface area contributed by atoms with Crippen LogP contribution in [0.5, 0.6) is 11.5 Å². The first-order valence-corrected chi connectivity index (χ1v) is 13.7. The number of fused-ring (bicyclic) bond motifs is 2. The number of benzene rings is 2. The number of amides is 2. The molecular weight excluding hydrogens is 460 g/mol. The number of thioether (sulfide) groups is 1. The topological polar surface area (TPSA) is 59.1 Å². The quantitative estimate of drug-likeness (QED) is 0.505. The first-order chi connectivity index (χ1) is 17.1. The van der Waals surface area contributed by atoms with Crippen LogP contribution in [0.2, 0.25) is 0 Å². The molecule has 2 amide bonds. The molecule has 7 heteroatoms. The summed E-state index contributed by atoms with van der Waals surface area (Å²) in [6, 6.07) is 12.3. The molecule has 0 spiro atoms. The molecule has 0 N–H and O–H groups in total. The predicted molar refractivity (Wildman–Crippen MR) is 140 cm³/mol. The second kappa shape index (κ2) is 12.3. The van der Waals surface area contributed by atoms with Gasteiger partial charge in [0, 0.05) is 50.5 Å². The Hall–Kier alpha value is -2.67. The number of carbonyl (C=O) groups excluding carboxylic acids is 2. The highest BCUT2D eigenvalue weighted by Gasteiger charge is 2.21. The smallest absolute Gasteiger partial charge is 0.223 e. The number of nitrogens with zero attached hydrogens (tertiary/aromatic N) is 2. The van der Waals surface area contributed by atoms with Gasteiger partial charge in [0.2, 0.25) is 11.8 Å². The van der Waals surface area contributed by atoms with Gasteiger partial charge in [0.05, 0.1) is 14.2 Å². The van der Waals surface area contributed by atoms with Crippen molar-refractivity contribution in [3.63, 3.8) is 0 Å². The molecule has 0 atom stereocenters. The largest absolute Gasteiger partial charge is 0.497 e. The van der Waals surface area contributed by atoms with Crippen LogP contribution >= 0.6 is 11.8 Å². The average molecular weight is 497 g/mol. The van der Waals surface area contributed by atoms with Crippen LogP contribution in [-0.2, 0) is 35.5 Å². The molecule has 0 aliphatic carbocycles. The van der Waals surface area contributed by atoms with Gasteiger partial charge in [0.25, 0.3) is 0 Å². The lowest BCUT2D eigenvalue weighted by atomic mass is 10.0. The van der Waals surface area contributed by atoms with Gasteiger partial charge in [-0.2, -0.15) is 11.8 Å².